The van der Waals surface area contributed by atoms with E-state index < -0.39 is 0 Å². The summed E-state index contributed by atoms with van der Waals surface area (Å²) >= 11 is 5.37. The van der Waals surface area contributed by atoms with Gasteiger partial charge in [-0.15, -0.1) is 0 Å². The number of aromatic amines is 1. The van der Waals surface area contributed by atoms with Crippen LogP contribution in [0, 0.1) is 16.6 Å². The molecule has 0 aliphatic heterocycles. The van der Waals surface area contributed by atoms with Gasteiger partial charge in [0.05, 0.1) is 0 Å². The molecule has 16 heavy (non-hydrogen) atoms. The molecule has 1 fully saturated rings. The predicted molar refractivity (Wildman–Crippen MR) is 70.2 cm³/mol. The van der Waals surface area contributed by atoms with Crippen LogP contribution in [0.5, 0.6) is 0 Å². The van der Waals surface area contributed by atoms with Gasteiger partial charge in [-0.1, -0.05) is 27.7 Å². The summed E-state index contributed by atoms with van der Waals surface area (Å²) in [4.78, 5) is 3.19. The van der Waals surface area contributed by atoms with Gasteiger partial charge in [-0.2, -0.15) is 0 Å². The fraction of sp³-hybridized carbons (Fsp3) is 0.769. The van der Waals surface area contributed by atoms with Crippen LogP contribution in [-0.4, -0.2) is 9.55 Å². The Bertz CT molecular complexity index is 418. The van der Waals surface area contributed by atoms with E-state index in [0.29, 0.717) is 0 Å². The van der Waals surface area contributed by atoms with E-state index in [0.717, 1.165) is 23.2 Å². The highest BCUT2D eigenvalue weighted by Gasteiger charge is 2.29. The minimum Gasteiger partial charge on any atom is -0.337 e. The van der Waals surface area contributed by atoms with Crippen molar-refractivity contribution in [2.45, 2.75) is 52.5 Å². The Balaban J connectivity index is 2.24. The molecular formula is C13H22N2S. The molecule has 1 saturated carbocycles. The lowest BCUT2D eigenvalue weighted by molar-refractivity contribution is 0.401. The van der Waals surface area contributed by atoms with Crippen molar-refractivity contribution in [1.82, 2.24) is 9.55 Å². The second-order valence-corrected chi connectivity index (χ2v) is 6.54. The molecule has 1 aromatic heterocycles. The lowest BCUT2D eigenvalue weighted by atomic mass is 9.92. The number of hydrogen-bond donors (Lipinski definition) is 1. The molecule has 1 aromatic rings. The number of rotatable bonds is 3. The van der Waals surface area contributed by atoms with Gasteiger partial charge in [0.2, 0.25) is 0 Å². The van der Waals surface area contributed by atoms with Crippen LogP contribution in [-0.2, 0) is 12.0 Å². The summed E-state index contributed by atoms with van der Waals surface area (Å²) in [6, 6.07) is 0. The van der Waals surface area contributed by atoms with Crippen LogP contribution < -0.4 is 0 Å². The largest absolute Gasteiger partial charge is 0.337 e. The van der Waals surface area contributed by atoms with Gasteiger partial charge in [0, 0.05) is 23.9 Å². The molecule has 2 nitrogen and oxygen atoms in total. The third kappa shape index (κ3) is 2.40. The minimum absolute atomic E-state index is 0.164. The number of H-pyrrole nitrogens is 1. The Morgan fingerprint density at radius 2 is 2.12 bits per heavy atom. The standard InChI is InChI=1S/C13H22N2S/c1-9(10-5-6-10)8-15-11(13(2,3)4)7-14-12(15)16/h7,9-10H,5-6,8H2,1-4H3,(H,14,16). The van der Waals surface area contributed by atoms with Gasteiger partial charge >= 0.3 is 0 Å². The van der Waals surface area contributed by atoms with Crippen LogP contribution in [0.1, 0.15) is 46.2 Å². The Morgan fingerprint density at radius 1 is 1.50 bits per heavy atom. The molecule has 0 aromatic carbocycles. The van der Waals surface area contributed by atoms with Crippen LogP contribution in [0.4, 0.5) is 0 Å². The molecule has 2 rings (SSSR count). The van der Waals surface area contributed by atoms with Crippen molar-refractivity contribution in [1.29, 1.82) is 0 Å². The van der Waals surface area contributed by atoms with Crippen LogP contribution >= 0.6 is 12.2 Å². The third-order valence-corrected chi connectivity index (χ3v) is 3.87. The van der Waals surface area contributed by atoms with Crippen LogP contribution in [0.25, 0.3) is 0 Å². The molecule has 1 aliphatic rings. The van der Waals surface area contributed by atoms with E-state index in [1.165, 1.54) is 18.5 Å². The number of hydrogen-bond acceptors (Lipinski definition) is 1. The second-order valence-electron chi connectivity index (χ2n) is 6.15. The van der Waals surface area contributed by atoms with E-state index in [4.69, 9.17) is 12.2 Å². The zero-order valence-corrected chi connectivity index (χ0v) is 11.5. The number of nitrogens with one attached hydrogen (secondary N) is 1. The van der Waals surface area contributed by atoms with Crippen molar-refractivity contribution in [2.24, 2.45) is 11.8 Å². The molecule has 0 radical (unpaired) electrons. The molecule has 0 amide bonds. The van der Waals surface area contributed by atoms with Gasteiger partial charge in [0.1, 0.15) is 0 Å². The zero-order valence-electron chi connectivity index (χ0n) is 10.7. The lowest BCUT2D eigenvalue weighted by Crippen LogP contribution is -2.20. The molecule has 3 heteroatoms. The molecule has 1 unspecified atom stereocenters. The van der Waals surface area contributed by atoms with E-state index in [2.05, 4.69) is 43.4 Å². The van der Waals surface area contributed by atoms with Crippen molar-refractivity contribution >= 4 is 12.2 Å². The highest BCUT2D eigenvalue weighted by atomic mass is 32.1. The SMILES string of the molecule is CC(Cn1c(C(C)(C)C)c[nH]c1=S)C1CC1. The van der Waals surface area contributed by atoms with Gasteiger partial charge in [-0.05, 0) is 36.9 Å². The number of aromatic nitrogens is 2. The van der Waals surface area contributed by atoms with Crippen LogP contribution in [0.3, 0.4) is 0 Å². The van der Waals surface area contributed by atoms with Crippen molar-refractivity contribution < 1.29 is 0 Å². The molecule has 0 saturated heterocycles. The van der Waals surface area contributed by atoms with E-state index >= 15 is 0 Å². The van der Waals surface area contributed by atoms with E-state index in [1.54, 1.807) is 0 Å². The van der Waals surface area contributed by atoms with E-state index in [9.17, 15) is 0 Å². The first-order chi connectivity index (χ1) is 7.39. The quantitative estimate of drug-likeness (QED) is 0.792. The number of nitrogens with zero attached hydrogens (tertiary/aromatic N) is 1. The Kier molecular flexibility index (Phi) is 2.99. The maximum Gasteiger partial charge on any atom is 0.177 e. The van der Waals surface area contributed by atoms with Crippen molar-refractivity contribution in [3.05, 3.63) is 16.7 Å². The fourth-order valence-corrected chi connectivity index (χ4v) is 2.53. The molecule has 1 atom stereocenters. The third-order valence-electron chi connectivity index (χ3n) is 3.53. The van der Waals surface area contributed by atoms with Gasteiger partial charge in [0.25, 0.3) is 0 Å². The summed E-state index contributed by atoms with van der Waals surface area (Å²) in [5.74, 6) is 1.69. The first-order valence-corrected chi connectivity index (χ1v) is 6.59. The molecule has 0 spiro atoms. The average Bonchev–Trinajstić information content (AvgIpc) is 2.92. The highest BCUT2D eigenvalue weighted by Crippen LogP contribution is 2.38. The summed E-state index contributed by atoms with van der Waals surface area (Å²) in [6.45, 7) is 10.1. The zero-order chi connectivity index (χ0) is 11.9. The van der Waals surface area contributed by atoms with Crippen molar-refractivity contribution in [2.75, 3.05) is 0 Å². The average molecular weight is 238 g/mol. The minimum atomic E-state index is 0.164. The molecule has 1 heterocycles. The summed E-state index contributed by atoms with van der Waals surface area (Å²) in [6.07, 6.45) is 4.88. The predicted octanol–water partition coefficient (Wildman–Crippen LogP) is 3.89. The van der Waals surface area contributed by atoms with Gasteiger partial charge in [-0.25, -0.2) is 0 Å². The van der Waals surface area contributed by atoms with Crippen LogP contribution in [0.2, 0.25) is 0 Å². The second kappa shape index (κ2) is 4.02. The summed E-state index contributed by atoms with van der Waals surface area (Å²) < 4.78 is 3.16. The molecular weight excluding hydrogens is 216 g/mol. The summed E-state index contributed by atoms with van der Waals surface area (Å²) in [5, 5.41) is 0. The molecule has 0 bridgehead atoms. The van der Waals surface area contributed by atoms with Crippen molar-refractivity contribution in [3.63, 3.8) is 0 Å². The van der Waals surface area contributed by atoms with E-state index in [-0.39, 0.29) is 5.41 Å². The maximum absolute atomic E-state index is 5.37. The Labute approximate surface area is 103 Å². The first kappa shape index (κ1) is 11.9. The highest BCUT2D eigenvalue weighted by molar-refractivity contribution is 7.71. The molecule has 90 valence electrons. The van der Waals surface area contributed by atoms with E-state index in [1.807, 2.05) is 0 Å². The lowest BCUT2D eigenvalue weighted by Gasteiger charge is -2.22. The maximum atomic E-state index is 5.37. The summed E-state index contributed by atoms with van der Waals surface area (Å²) in [7, 11) is 0. The smallest absolute Gasteiger partial charge is 0.177 e. The van der Waals surface area contributed by atoms with Crippen molar-refractivity contribution in [3.8, 4) is 0 Å². The molecule has 1 N–H and O–H groups in total. The normalized spacial score (nSPS) is 18.8. The van der Waals surface area contributed by atoms with Gasteiger partial charge in [-0.3, -0.25) is 0 Å². The van der Waals surface area contributed by atoms with Crippen LogP contribution in [0.15, 0.2) is 6.20 Å². The Morgan fingerprint density at radius 3 is 2.62 bits per heavy atom. The van der Waals surface area contributed by atoms with Gasteiger partial charge < -0.3 is 9.55 Å². The van der Waals surface area contributed by atoms with Gasteiger partial charge in [0.15, 0.2) is 4.77 Å². The monoisotopic (exact) mass is 238 g/mol. The first-order valence-electron chi connectivity index (χ1n) is 6.18. The molecule has 1 aliphatic carbocycles. The fourth-order valence-electron chi connectivity index (χ4n) is 2.30. The Hall–Kier alpha value is -0.570. The number of imidazole rings is 1. The summed E-state index contributed by atoms with van der Waals surface area (Å²) in [5.41, 5.74) is 1.49. The topological polar surface area (TPSA) is 20.7 Å².